The predicted molar refractivity (Wildman–Crippen MR) is 134 cm³/mol. The van der Waals surface area contributed by atoms with Crippen LogP contribution in [0.3, 0.4) is 0 Å². The second-order valence-electron chi connectivity index (χ2n) is 8.02. The zero-order chi connectivity index (χ0) is 24.4. The van der Waals surface area contributed by atoms with Gasteiger partial charge in [-0.25, -0.2) is 0 Å². The van der Waals surface area contributed by atoms with E-state index in [1.54, 1.807) is 42.7 Å². The molecule has 0 unspecified atom stereocenters. The zero-order valence-electron chi connectivity index (χ0n) is 22.4. The molecule has 0 aromatic rings. The Hall–Kier alpha value is 0.320. The van der Waals surface area contributed by atoms with Crippen LogP contribution in [0.2, 0.25) is 0 Å². The third-order valence-electron chi connectivity index (χ3n) is 5.92. The van der Waals surface area contributed by atoms with Crippen molar-refractivity contribution in [2.24, 2.45) is 0 Å². The topological polar surface area (TPSA) is 68.3 Å². The van der Waals surface area contributed by atoms with Crippen LogP contribution < -0.4 is 12.4 Å². The van der Waals surface area contributed by atoms with Crippen molar-refractivity contribution in [2.75, 3.05) is 135 Å². The normalized spacial score (nSPS) is 15.1. The molecule has 0 amide bonds. The van der Waals surface area contributed by atoms with Gasteiger partial charge in [0.2, 0.25) is 0 Å². The third kappa shape index (κ3) is 10.4. The fourth-order valence-corrected chi connectivity index (χ4v) is 9.43. The van der Waals surface area contributed by atoms with Crippen molar-refractivity contribution < 1.29 is 40.8 Å². The average molecular weight is 533 g/mol. The number of hydrogen-bond acceptors (Lipinski definition) is 10. The molecule has 0 bridgehead atoms. The van der Waals surface area contributed by atoms with Crippen molar-refractivity contribution in [3.63, 3.8) is 0 Å². The smallest absolute Gasteiger partial charge is 0.309 e. The summed E-state index contributed by atoms with van der Waals surface area (Å²) in [6.45, 7) is 11.0. The quantitative estimate of drug-likeness (QED) is 0.155. The fraction of sp³-hybridized carbons (Fsp3) is 1.00. The van der Waals surface area contributed by atoms with E-state index in [-0.39, 0.29) is 12.4 Å². The van der Waals surface area contributed by atoms with Gasteiger partial charge in [0.05, 0.1) is 78.9 Å². The molecular weight excluding hydrogens is 483 g/mol. The average Bonchev–Trinajstić information content (AvgIpc) is 3.37. The van der Waals surface area contributed by atoms with Crippen LogP contribution in [-0.2, 0) is 28.4 Å². The van der Waals surface area contributed by atoms with E-state index in [1.165, 1.54) is 12.8 Å². The number of rotatable bonds is 22. The van der Waals surface area contributed by atoms with Gasteiger partial charge in [-0.1, -0.05) is 0 Å². The van der Waals surface area contributed by atoms with Crippen LogP contribution in [0, 0.1) is 0 Å². The molecule has 1 aliphatic heterocycles. The summed E-state index contributed by atoms with van der Waals surface area (Å²) in [6, 6.07) is 0. The van der Waals surface area contributed by atoms with E-state index < -0.39 is 7.87 Å². The van der Waals surface area contributed by atoms with Gasteiger partial charge in [0.1, 0.15) is 0 Å². The van der Waals surface area contributed by atoms with Gasteiger partial charge in [-0.2, -0.15) is 0 Å². The van der Waals surface area contributed by atoms with Gasteiger partial charge in [-0.3, -0.25) is 0 Å². The van der Waals surface area contributed by atoms with Crippen LogP contribution >= 0.6 is 7.87 Å². The third-order valence-corrected chi connectivity index (χ3v) is 10.6. The van der Waals surface area contributed by atoms with E-state index in [0.29, 0.717) is 39.6 Å². The van der Waals surface area contributed by atoms with E-state index in [2.05, 4.69) is 18.7 Å². The molecule has 1 heterocycles. The van der Waals surface area contributed by atoms with E-state index >= 15 is 0 Å². The Morgan fingerprint density at radius 2 is 0.735 bits per heavy atom. The first kappa shape index (κ1) is 34.3. The molecular formula is C22H50ClN4O6P. The summed E-state index contributed by atoms with van der Waals surface area (Å²) in [5.41, 5.74) is 0. The lowest BCUT2D eigenvalue weighted by molar-refractivity contribution is -0.00000922. The van der Waals surface area contributed by atoms with E-state index in [4.69, 9.17) is 28.4 Å². The second-order valence-corrected chi connectivity index (χ2v) is 11.4. The highest BCUT2D eigenvalue weighted by Gasteiger charge is 2.61. The largest absolute Gasteiger partial charge is 1.00 e. The number of halogens is 1. The summed E-state index contributed by atoms with van der Waals surface area (Å²) < 4.78 is 44.0. The summed E-state index contributed by atoms with van der Waals surface area (Å²) in [7, 11) is 8.42. The van der Waals surface area contributed by atoms with Crippen molar-refractivity contribution in [2.45, 2.75) is 12.8 Å². The van der Waals surface area contributed by atoms with Gasteiger partial charge in [0.25, 0.3) is 0 Å². The highest BCUT2D eigenvalue weighted by molar-refractivity contribution is 7.66. The highest BCUT2D eigenvalue weighted by atomic mass is 35.5. The molecule has 0 atom stereocenters. The van der Waals surface area contributed by atoms with Gasteiger partial charge >= 0.3 is 7.87 Å². The molecule has 34 heavy (non-hydrogen) atoms. The molecule has 0 spiro atoms. The van der Waals surface area contributed by atoms with Crippen LogP contribution in [0.4, 0.5) is 0 Å². The van der Waals surface area contributed by atoms with Crippen LogP contribution in [0.1, 0.15) is 12.8 Å². The minimum atomic E-state index is -2.20. The molecule has 1 saturated heterocycles. The van der Waals surface area contributed by atoms with Crippen LogP contribution in [-0.4, -0.2) is 153 Å². The summed E-state index contributed by atoms with van der Waals surface area (Å²) in [5.74, 6) is 0. The molecule has 206 valence electrons. The lowest BCUT2D eigenvalue weighted by atomic mass is 10.4. The molecule has 1 aliphatic rings. The molecule has 0 aromatic carbocycles. The number of hydrogen-bond donors (Lipinski definition) is 0. The minimum absolute atomic E-state index is 0. The maximum absolute atomic E-state index is 5.58. The summed E-state index contributed by atoms with van der Waals surface area (Å²) in [4.78, 5) is 0. The minimum Gasteiger partial charge on any atom is -1.00 e. The van der Waals surface area contributed by atoms with E-state index in [0.717, 1.165) is 52.4 Å². The van der Waals surface area contributed by atoms with Crippen molar-refractivity contribution in [3.05, 3.63) is 0 Å². The van der Waals surface area contributed by atoms with Crippen LogP contribution in [0.15, 0.2) is 0 Å². The highest BCUT2D eigenvalue weighted by Crippen LogP contribution is 2.70. The standard InChI is InChI=1S/C22H50N4O6P.ClH/c1-27-17-11-24(12-18-28-2)33(23-9-7-8-10-23,25(13-19-29-3)14-20-30-4)26(15-21-31-5)16-22-32-6;/h7-22H2,1-6H3;1H/q+1;/p-1. The molecule has 0 aromatic heterocycles. The molecule has 10 nitrogen and oxygen atoms in total. The van der Waals surface area contributed by atoms with Crippen molar-refractivity contribution in [3.8, 4) is 0 Å². The van der Waals surface area contributed by atoms with Crippen molar-refractivity contribution in [1.29, 1.82) is 0 Å². The first-order valence-corrected chi connectivity index (χ1v) is 13.6. The Morgan fingerprint density at radius 1 is 0.500 bits per heavy atom. The van der Waals surface area contributed by atoms with Gasteiger partial charge in [-0.15, -0.1) is 18.7 Å². The number of methoxy groups -OCH3 is 6. The summed E-state index contributed by atoms with van der Waals surface area (Å²) >= 11 is 0. The Balaban J connectivity index is 0.0000109. The first-order valence-electron chi connectivity index (χ1n) is 12.0. The van der Waals surface area contributed by atoms with Crippen LogP contribution in [0.5, 0.6) is 0 Å². The van der Waals surface area contributed by atoms with E-state index in [9.17, 15) is 0 Å². The molecule has 1 fully saturated rings. The van der Waals surface area contributed by atoms with Crippen molar-refractivity contribution >= 4 is 7.87 Å². The van der Waals surface area contributed by atoms with Gasteiger partial charge in [-0.05, 0) is 12.8 Å². The number of nitrogens with zero attached hydrogens (tertiary/aromatic N) is 4. The van der Waals surface area contributed by atoms with Gasteiger partial charge in [0, 0.05) is 55.7 Å². The molecule has 0 radical (unpaired) electrons. The van der Waals surface area contributed by atoms with Gasteiger partial charge in [0.15, 0.2) is 0 Å². The van der Waals surface area contributed by atoms with Crippen LogP contribution in [0.25, 0.3) is 0 Å². The maximum atomic E-state index is 5.58. The Bertz CT molecular complexity index is 395. The Kier molecular flexibility index (Phi) is 21.6. The summed E-state index contributed by atoms with van der Waals surface area (Å²) in [6.07, 6.45) is 2.41. The molecule has 1 rings (SSSR count). The SMILES string of the molecule is COCCN(CCOC)[P+](N1CCCC1)(N(CCOC)CCOC)N(CCOC)CCOC.[Cl-]. The monoisotopic (exact) mass is 532 g/mol. The summed E-state index contributed by atoms with van der Waals surface area (Å²) in [5, 5.41) is 0. The molecule has 0 aliphatic carbocycles. The lowest BCUT2D eigenvalue weighted by Gasteiger charge is -2.50. The predicted octanol–water partition coefficient (Wildman–Crippen LogP) is -1.45. The molecule has 0 N–H and O–H groups in total. The van der Waals surface area contributed by atoms with Gasteiger partial charge < -0.3 is 40.8 Å². The zero-order valence-corrected chi connectivity index (χ0v) is 24.0. The Morgan fingerprint density at radius 3 is 0.941 bits per heavy atom. The molecule has 0 saturated carbocycles. The van der Waals surface area contributed by atoms with E-state index in [1.807, 2.05) is 0 Å². The second kappa shape index (κ2) is 21.4. The number of ether oxygens (including phenoxy) is 6. The maximum Gasteiger partial charge on any atom is 0.309 e. The first-order chi connectivity index (χ1) is 16.2. The van der Waals surface area contributed by atoms with Crippen molar-refractivity contribution in [1.82, 2.24) is 18.7 Å². The fourth-order valence-electron chi connectivity index (χ4n) is 4.36. The molecule has 12 heteroatoms. The Labute approximate surface area is 215 Å². The lowest BCUT2D eigenvalue weighted by Crippen LogP contribution is -3.00.